The summed E-state index contributed by atoms with van der Waals surface area (Å²) in [5.41, 5.74) is 6.42. The SMILES string of the molecule is COCC(CCCN)NC(C)c1cccc(OC(F)F)c1. The van der Waals surface area contributed by atoms with Gasteiger partial charge in [0.05, 0.1) is 6.61 Å². The number of hydrogen-bond donors (Lipinski definition) is 2. The van der Waals surface area contributed by atoms with Crippen LogP contribution in [0.5, 0.6) is 5.75 Å². The van der Waals surface area contributed by atoms with Gasteiger partial charge in [-0.05, 0) is 44.0 Å². The van der Waals surface area contributed by atoms with Gasteiger partial charge in [0.2, 0.25) is 0 Å². The summed E-state index contributed by atoms with van der Waals surface area (Å²) in [5.74, 6) is 0.168. The largest absolute Gasteiger partial charge is 0.435 e. The topological polar surface area (TPSA) is 56.5 Å². The second kappa shape index (κ2) is 9.65. The molecule has 2 atom stereocenters. The molecule has 2 unspecified atom stereocenters. The summed E-state index contributed by atoms with van der Waals surface area (Å²) < 4.78 is 34.1. The molecule has 4 nitrogen and oxygen atoms in total. The predicted molar refractivity (Wildman–Crippen MR) is 78.6 cm³/mol. The number of nitrogens with one attached hydrogen (secondary N) is 1. The van der Waals surface area contributed by atoms with Crippen LogP contribution < -0.4 is 15.8 Å². The molecule has 0 aromatic heterocycles. The van der Waals surface area contributed by atoms with Crippen molar-refractivity contribution in [3.63, 3.8) is 0 Å². The summed E-state index contributed by atoms with van der Waals surface area (Å²) in [6.45, 7) is 0.382. The van der Waals surface area contributed by atoms with E-state index in [9.17, 15) is 8.78 Å². The highest BCUT2D eigenvalue weighted by Crippen LogP contribution is 2.21. The quantitative estimate of drug-likeness (QED) is 0.698. The molecule has 0 heterocycles. The molecule has 0 spiro atoms. The minimum Gasteiger partial charge on any atom is -0.435 e. The molecule has 0 saturated carbocycles. The number of halogens is 2. The lowest BCUT2D eigenvalue weighted by molar-refractivity contribution is -0.0499. The van der Waals surface area contributed by atoms with E-state index in [2.05, 4.69) is 10.1 Å². The third-order valence-corrected chi connectivity index (χ3v) is 3.19. The summed E-state index contributed by atoms with van der Waals surface area (Å²) in [6, 6.07) is 6.90. The van der Waals surface area contributed by atoms with E-state index < -0.39 is 6.61 Å². The van der Waals surface area contributed by atoms with Crippen LogP contribution in [0, 0.1) is 0 Å². The third kappa shape index (κ3) is 6.84. The van der Waals surface area contributed by atoms with E-state index >= 15 is 0 Å². The number of benzene rings is 1. The third-order valence-electron chi connectivity index (χ3n) is 3.19. The monoisotopic (exact) mass is 302 g/mol. The van der Waals surface area contributed by atoms with Crippen molar-refractivity contribution < 1.29 is 18.3 Å². The second-order valence-electron chi connectivity index (χ2n) is 4.92. The van der Waals surface area contributed by atoms with Crippen LogP contribution in [0.3, 0.4) is 0 Å². The minimum atomic E-state index is -2.81. The van der Waals surface area contributed by atoms with Crippen molar-refractivity contribution in [2.24, 2.45) is 5.73 Å². The van der Waals surface area contributed by atoms with Crippen molar-refractivity contribution in [1.82, 2.24) is 5.32 Å². The molecule has 1 aromatic carbocycles. The normalized spacial score (nSPS) is 14.2. The van der Waals surface area contributed by atoms with Crippen LogP contribution >= 0.6 is 0 Å². The number of ether oxygens (including phenoxy) is 2. The molecule has 120 valence electrons. The lowest BCUT2D eigenvalue weighted by Gasteiger charge is -2.23. The molecular formula is C15H24F2N2O2. The average molecular weight is 302 g/mol. The Balaban J connectivity index is 2.65. The summed E-state index contributed by atoms with van der Waals surface area (Å²) in [4.78, 5) is 0. The van der Waals surface area contributed by atoms with E-state index in [1.54, 1.807) is 19.2 Å². The van der Waals surface area contributed by atoms with Crippen LogP contribution in [-0.2, 0) is 4.74 Å². The first-order chi connectivity index (χ1) is 10.1. The van der Waals surface area contributed by atoms with Gasteiger partial charge in [-0.2, -0.15) is 8.78 Å². The van der Waals surface area contributed by atoms with Gasteiger partial charge < -0.3 is 20.5 Å². The Labute approximate surface area is 124 Å². The van der Waals surface area contributed by atoms with Gasteiger partial charge in [0.15, 0.2) is 0 Å². The number of nitrogens with two attached hydrogens (primary N) is 1. The highest BCUT2D eigenvalue weighted by molar-refractivity contribution is 5.30. The molecule has 1 rings (SSSR count). The summed E-state index contributed by atoms with van der Waals surface area (Å²) in [7, 11) is 1.65. The lowest BCUT2D eigenvalue weighted by atomic mass is 10.1. The molecule has 21 heavy (non-hydrogen) atoms. The molecular weight excluding hydrogens is 278 g/mol. The summed E-state index contributed by atoms with van der Waals surface area (Å²) in [5, 5.41) is 3.43. The fraction of sp³-hybridized carbons (Fsp3) is 0.600. The van der Waals surface area contributed by atoms with Crippen LogP contribution in [-0.4, -0.2) is 32.9 Å². The maximum atomic E-state index is 12.2. The van der Waals surface area contributed by atoms with Gasteiger partial charge in [-0.15, -0.1) is 0 Å². The van der Waals surface area contributed by atoms with Crippen molar-refractivity contribution in [2.75, 3.05) is 20.3 Å². The van der Waals surface area contributed by atoms with Gasteiger partial charge in [0, 0.05) is 19.2 Å². The Morgan fingerprint density at radius 3 is 2.71 bits per heavy atom. The Bertz CT molecular complexity index is 405. The first kappa shape index (κ1) is 17.8. The molecule has 6 heteroatoms. The van der Waals surface area contributed by atoms with Crippen molar-refractivity contribution in [3.8, 4) is 5.75 Å². The molecule has 3 N–H and O–H groups in total. The van der Waals surface area contributed by atoms with Gasteiger partial charge in [0.1, 0.15) is 5.75 Å². The number of alkyl halides is 2. The predicted octanol–water partition coefficient (Wildman–Crippen LogP) is 2.69. The first-order valence-electron chi connectivity index (χ1n) is 7.06. The van der Waals surface area contributed by atoms with Crippen LogP contribution in [0.4, 0.5) is 8.78 Å². The second-order valence-corrected chi connectivity index (χ2v) is 4.92. The molecule has 0 radical (unpaired) electrons. The fourth-order valence-electron chi connectivity index (χ4n) is 2.19. The Morgan fingerprint density at radius 2 is 2.10 bits per heavy atom. The van der Waals surface area contributed by atoms with Gasteiger partial charge in [-0.1, -0.05) is 12.1 Å². The zero-order valence-corrected chi connectivity index (χ0v) is 12.5. The molecule has 0 bridgehead atoms. The first-order valence-corrected chi connectivity index (χ1v) is 7.06. The zero-order chi connectivity index (χ0) is 15.7. The van der Waals surface area contributed by atoms with Crippen LogP contribution in [0.25, 0.3) is 0 Å². The van der Waals surface area contributed by atoms with E-state index in [4.69, 9.17) is 10.5 Å². The maximum absolute atomic E-state index is 12.2. The van der Waals surface area contributed by atoms with Crippen molar-refractivity contribution >= 4 is 0 Å². The van der Waals surface area contributed by atoms with Crippen molar-refractivity contribution in [2.45, 2.75) is 38.5 Å². The lowest BCUT2D eigenvalue weighted by Crippen LogP contribution is -2.35. The Kier molecular flexibility index (Phi) is 8.19. The Hall–Kier alpha value is -1.24. The van der Waals surface area contributed by atoms with Gasteiger partial charge >= 0.3 is 6.61 Å². The van der Waals surface area contributed by atoms with E-state index in [0.717, 1.165) is 18.4 Å². The number of hydrogen-bond acceptors (Lipinski definition) is 4. The molecule has 0 amide bonds. The molecule has 0 aliphatic carbocycles. The standard InChI is InChI=1S/C15H24F2N2O2/c1-11(19-13(10-20-2)6-4-8-18)12-5-3-7-14(9-12)21-15(16)17/h3,5,7,9,11,13,15,19H,4,6,8,10,18H2,1-2H3. The molecule has 0 fully saturated rings. The van der Waals surface area contributed by atoms with Gasteiger partial charge in [-0.3, -0.25) is 0 Å². The van der Waals surface area contributed by atoms with Gasteiger partial charge in [-0.25, -0.2) is 0 Å². The highest BCUT2D eigenvalue weighted by Gasteiger charge is 2.14. The smallest absolute Gasteiger partial charge is 0.387 e. The van der Waals surface area contributed by atoms with E-state index in [-0.39, 0.29) is 17.8 Å². The van der Waals surface area contributed by atoms with E-state index in [0.29, 0.717) is 13.2 Å². The minimum absolute atomic E-state index is 0.00384. The number of rotatable bonds is 10. The number of methoxy groups -OCH3 is 1. The molecule has 0 saturated heterocycles. The van der Waals surface area contributed by atoms with Crippen LogP contribution in [0.1, 0.15) is 31.4 Å². The highest BCUT2D eigenvalue weighted by atomic mass is 19.3. The van der Waals surface area contributed by atoms with E-state index in [1.807, 2.05) is 13.0 Å². The Morgan fingerprint density at radius 1 is 1.33 bits per heavy atom. The van der Waals surface area contributed by atoms with Crippen LogP contribution in [0.15, 0.2) is 24.3 Å². The summed E-state index contributed by atoms with van der Waals surface area (Å²) in [6.07, 6.45) is 1.81. The molecule has 0 aliphatic rings. The average Bonchev–Trinajstić information content (AvgIpc) is 2.44. The zero-order valence-electron chi connectivity index (χ0n) is 12.5. The maximum Gasteiger partial charge on any atom is 0.387 e. The van der Waals surface area contributed by atoms with Crippen molar-refractivity contribution in [1.29, 1.82) is 0 Å². The fourth-order valence-corrected chi connectivity index (χ4v) is 2.19. The van der Waals surface area contributed by atoms with Crippen LogP contribution in [0.2, 0.25) is 0 Å². The molecule has 1 aromatic rings. The molecule has 0 aliphatic heterocycles. The van der Waals surface area contributed by atoms with Crippen molar-refractivity contribution in [3.05, 3.63) is 29.8 Å². The summed E-state index contributed by atoms with van der Waals surface area (Å²) >= 11 is 0. The van der Waals surface area contributed by atoms with E-state index in [1.165, 1.54) is 6.07 Å². The van der Waals surface area contributed by atoms with Gasteiger partial charge in [0.25, 0.3) is 0 Å².